The monoisotopic (exact) mass is 351 g/mol. The van der Waals surface area contributed by atoms with E-state index in [1.165, 1.54) is 54.4 Å². The van der Waals surface area contributed by atoms with Gasteiger partial charge in [0.05, 0.1) is 0 Å². The maximum atomic E-state index is 2.47. The standard InChI is InChI=1S/C13H18.C13H10.B/c2*1-2-5-11-8-9-12-7-3-6-10(4-1)13(11)12;/h1-2,4-5,10-13H,3,6-9H2;1-8H,9H2;/q;;-1. The van der Waals surface area contributed by atoms with E-state index in [4.69, 9.17) is 0 Å². The molecule has 4 unspecified atom stereocenters. The van der Waals surface area contributed by atoms with Crippen LogP contribution < -0.4 is 0 Å². The van der Waals surface area contributed by atoms with Gasteiger partial charge < -0.3 is 8.41 Å². The SMILES string of the molecule is C1=CC2=CCc3cccc(c32)C=C1.C1=CC2CCCC3CCC(C=C1)C23.[B-]. The molecule has 5 aliphatic carbocycles. The van der Waals surface area contributed by atoms with E-state index in [9.17, 15) is 0 Å². The third-order valence-electron chi connectivity index (χ3n) is 7.02. The number of hydrogen-bond donors (Lipinski definition) is 0. The summed E-state index contributed by atoms with van der Waals surface area (Å²) < 4.78 is 0. The topological polar surface area (TPSA) is 0 Å². The lowest BCUT2D eigenvalue weighted by Crippen LogP contribution is -2.26. The van der Waals surface area contributed by atoms with Crippen molar-refractivity contribution in [1.82, 2.24) is 0 Å². The molecule has 0 spiro atoms. The first-order valence-corrected chi connectivity index (χ1v) is 10.4. The predicted octanol–water partition coefficient (Wildman–Crippen LogP) is 6.38. The third-order valence-corrected chi connectivity index (χ3v) is 7.02. The van der Waals surface area contributed by atoms with Crippen molar-refractivity contribution in [2.24, 2.45) is 23.7 Å². The maximum absolute atomic E-state index is 2.47. The summed E-state index contributed by atoms with van der Waals surface area (Å²) in [4.78, 5) is 0. The van der Waals surface area contributed by atoms with Gasteiger partial charge in [-0.1, -0.05) is 85.7 Å². The molecule has 1 heteroatoms. The minimum absolute atomic E-state index is 0. The molecular formula is C26H28B-. The van der Waals surface area contributed by atoms with Crippen molar-refractivity contribution in [1.29, 1.82) is 0 Å². The molecule has 1 aromatic carbocycles. The molecule has 27 heavy (non-hydrogen) atoms. The Morgan fingerprint density at radius 2 is 1.59 bits per heavy atom. The van der Waals surface area contributed by atoms with E-state index in [2.05, 4.69) is 72.9 Å². The van der Waals surface area contributed by atoms with Gasteiger partial charge in [-0.2, -0.15) is 0 Å². The molecule has 0 saturated heterocycles. The van der Waals surface area contributed by atoms with Crippen molar-refractivity contribution in [3.05, 3.63) is 83.5 Å². The van der Waals surface area contributed by atoms with Crippen LogP contribution in [0.25, 0.3) is 11.6 Å². The molecule has 4 radical (unpaired) electrons. The lowest BCUT2D eigenvalue weighted by Gasteiger charge is -2.34. The zero-order valence-corrected chi connectivity index (χ0v) is 16.1. The molecule has 1 aromatic rings. The largest absolute Gasteiger partial charge is 1.00 e. The van der Waals surface area contributed by atoms with E-state index in [0.717, 1.165) is 30.1 Å². The van der Waals surface area contributed by atoms with Gasteiger partial charge in [-0.05, 0) is 71.6 Å². The Labute approximate surface area is 166 Å². The molecule has 136 valence electrons. The van der Waals surface area contributed by atoms with E-state index < -0.39 is 0 Å². The molecule has 6 rings (SSSR count). The van der Waals surface area contributed by atoms with Gasteiger partial charge in [0.25, 0.3) is 0 Å². The summed E-state index contributed by atoms with van der Waals surface area (Å²) in [5.41, 5.74) is 5.64. The molecule has 0 nitrogen and oxygen atoms in total. The second-order valence-corrected chi connectivity index (χ2v) is 8.41. The number of allylic oxidation sites excluding steroid dienone is 9. The molecule has 0 aromatic heterocycles. The molecule has 2 saturated carbocycles. The van der Waals surface area contributed by atoms with E-state index in [0.29, 0.717) is 0 Å². The fraction of sp³-hybridized carbons (Fsp3) is 0.385. The van der Waals surface area contributed by atoms with Crippen LogP contribution in [-0.4, -0.2) is 8.41 Å². The number of rotatable bonds is 0. The Bertz CT molecular complexity index is 836. The lowest BCUT2D eigenvalue weighted by atomic mass is 9.71. The molecule has 4 atom stereocenters. The third kappa shape index (κ3) is 3.45. The van der Waals surface area contributed by atoms with Crippen molar-refractivity contribution < 1.29 is 0 Å². The summed E-state index contributed by atoms with van der Waals surface area (Å²) in [5, 5.41) is 0. The first-order valence-electron chi connectivity index (χ1n) is 10.4. The summed E-state index contributed by atoms with van der Waals surface area (Å²) in [7, 11) is 0. The number of benzene rings is 1. The van der Waals surface area contributed by atoms with E-state index >= 15 is 0 Å². The van der Waals surface area contributed by atoms with Gasteiger partial charge in [0.1, 0.15) is 0 Å². The van der Waals surface area contributed by atoms with Crippen LogP contribution in [0.3, 0.4) is 0 Å². The van der Waals surface area contributed by atoms with Crippen LogP contribution in [0.2, 0.25) is 0 Å². The van der Waals surface area contributed by atoms with Gasteiger partial charge in [-0.25, -0.2) is 0 Å². The molecule has 0 bridgehead atoms. The zero-order valence-electron chi connectivity index (χ0n) is 16.1. The van der Waals surface area contributed by atoms with Crippen molar-refractivity contribution >= 4 is 20.1 Å². The fourth-order valence-electron chi connectivity index (χ4n) is 5.89. The van der Waals surface area contributed by atoms with E-state index in [-0.39, 0.29) is 8.41 Å². The molecule has 5 aliphatic rings. The lowest BCUT2D eigenvalue weighted by molar-refractivity contribution is 0.194. The maximum Gasteiger partial charge on any atom is -0.00793 e. The van der Waals surface area contributed by atoms with Crippen LogP contribution in [0.5, 0.6) is 0 Å². The molecule has 0 amide bonds. The average molecular weight is 351 g/mol. The molecule has 0 N–H and O–H groups in total. The smallest absolute Gasteiger partial charge is 0.00793 e. The highest BCUT2D eigenvalue weighted by atomic mass is 14.5. The van der Waals surface area contributed by atoms with E-state index in [1.807, 2.05) is 0 Å². The summed E-state index contributed by atoms with van der Waals surface area (Å²) in [5.74, 6) is 3.92. The normalized spacial score (nSPS) is 30.9. The first kappa shape index (κ1) is 18.4. The predicted molar refractivity (Wildman–Crippen MR) is 117 cm³/mol. The summed E-state index contributed by atoms with van der Waals surface area (Å²) in [6, 6.07) is 6.54. The van der Waals surface area contributed by atoms with Crippen molar-refractivity contribution in [2.75, 3.05) is 0 Å². The van der Waals surface area contributed by atoms with Gasteiger partial charge in [0.2, 0.25) is 0 Å². The van der Waals surface area contributed by atoms with Gasteiger partial charge in [-0.3, -0.25) is 0 Å². The van der Waals surface area contributed by atoms with Crippen molar-refractivity contribution in [2.45, 2.75) is 38.5 Å². The average Bonchev–Trinajstić information content (AvgIpc) is 3.13. The fourth-order valence-corrected chi connectivity index (χ4v) is 5.89. The summed E-state index contributed by atoms with van der Waals surface area (Å²) in [6.45, 7) is 0. The quantitative estimate of drug-likeness (QED) is 0.476. The minimum atomic E-state index is 0. The summed E-state index contributed by atoms with van der Waals surface area (Å²) in [6.07, 6.45) is 28.9. The van der Waals surface area contributed by atoms with Crippen LogP contribution >= 0.6 is 0 Å². The van der Waals surface area contributed by atoms with Crippen LogP contribution in [0.4, 0.5) is 0 Å². The van der Waals surface area contributed by atoms with Crippen molar-refractivity contribution in [3.8, 4) is 0 Å². The van der Waals surface area contributed by atoms with Crippen LogP contribution in [0.1, 0.15) is 48.8 Å². The van der Waals surface area contributed by atoms with Gasteiger partial charge in [0, 0.05) is 0 Å². The van der Waals surface area contributed by atoms with Crippen molar-refractivity contribution in [3.63, 3.8) is 0 Å². The highest BCUT2D eigenvalue weighted by Gasteiger charge is 2.41. The Kier molecular flexibility index (Phi) is 5.39. The van der Waals surface area contributed by atoms with Crippen LogP contribution in [-0.2, 0) is 6.42 Å². The van der Waals surface area contributed by atoms with Gasteiger partial charge >= 0.3 is 0 Å². The second kappa shape index (κ2) is 7.93. The number of hydrogen-bond acceptors (Lipinski definition) is 0. The van der Waals surface area contributed by atoms with Gasteiger partial charge in [-0.15, -0.1) is 0 Å². The van der Waals surface area contributed by atoms with Gasteiger partial charge in [0.15, 0.2) is 0 Å². The molecule has 2 fully saturated rings. The summed E-state index contributed by atoms with van der Waals surface area (Å²) >= 11 is 0. The zero-order chi connectivity index (χ0) is 17.3. The second-order valence-electron chi connectivity index (χ2n) is 8.41. The minimum Gasteiger partial charge on any atom is -1.00 e. The Morgan fingerprint density at radius 1 is 0.778 bits per heavy atom. The highest BCUT2D eigenvalue weighted by Crippen LogP contribution is 2.50. The first-order chi connectivity index (χ1) is 12.9. The Morgan fingerprint density at radius 3 is 2.48 bits per heavy atom. The molecular weight excluding hydrogens is 323 g/mol. The Balaban J connectivity index is 0.000000129. The van der Waals surface area contributed by atoms with E-state index in [1.54, 1.807) is 0 Å². The van der Waals surface area contributed by atoms with Crippen LogP contribution in [0.15, 0.2) is 66.8 Å². The highest BCUT2D eigenvalue weighted by molar-refractivity contribution is 5.87. The Hall–Kier alpha value is -2.02. The molecule has 0 heterocycles. The molecule has 0 aliphatic heterocycles. The van der Waals surface area contributed by atoms with Crippen LogP contribution in [0, 0.1) is 23.7 Å².